The quantitative estimate of drug-likeness (QED) is 0.465. The molecule has 0 radical (unpaired) electrons. The van der Waals surface area contributed by atoms with E-state index in [0.717, 1.165) is 11.9 Å². The summed E-state index contributed by atoms with van der Waals surface area (Å²) in [6.45, 7) is 2.21. The van der Waals surface area contributed by atoms with Crippen molar-refractivity contribution in [3.63, 3.8) is 0 Å². The first-order valence-electron chi connectivity index (χ1n) is 6.66. The molecule has 0 spiro atoms. The Kier molecular flexibility index (Phi) is 4.67. The van der Waals surface area contributed by atoms with Gasteiger partial charge in [-0.3, -0.25) is 16.3 Å². The molecule has 1 aromatic heterocycles. The zero-order valence-corrected chi connectivity index (χ0v) is 10.9. The number of hydrazine groups is 1. The van der Waals surface area contributed by atoms with Gasteiger partial charge in [-0.05, 0) is 24.1 Å². The second-order valence-electron chi connectivity index (χ2n) is 4.67. The molecule has 0 bridgehead atoms. The summed E-state index contributed by atoms with van der Waals surface area (Å²) < 4.78 is 0. The number of rotatable bonds is 6. The molecule has 2 aromatic rings. The summed E-state index contributed by atoms with van der Waals surface area (Å²) in [5, 5.41) is 1.17. The zero-order valence-electron chi connectivity index (χ0n) is 10.9. The molecule has 3 N–H and O–H groups in total. The van der Waals surface area contributed by atoms with Crippen molar-refractivity contribution in [1.29, 1.82) is 0 Å². The summed E-state index contributed by atoms with van der Waals surface area (Å²) in [6.07, 6.45) is 6.59. The number of nitrogens with two attached hydrogens (primary N) is 1. The number of aromatic nitrogens is 1. The fourth-order valence-corrected chi connectivity index (χ4v) is 2.24. The number of nitrogens with zero attached hydrogens (tertiary/aromatic N) is 1. The molecule has 0 saturated carbocycles. The summed E-state index contributed by atoms with van der Waals surface area (Å²) in [4.78, 5) is 4.39. The molecule has 3 nitrogen and oxygen atoms in total. The summed E-state index contributed by atoms with van der Waals surface area (Å²) in [7, 11) is 0. The first-order chi connectivity index (χ1) is 8.85. The average molecular weight is 243 g/mol. The van der Waals surface area contributed by atoms with Gasteiger partial charge in [0.25, 0.3) is 0 Å². The van der Waals surface area contributed by atoms with Gasteiger partial charge in [-0.2, -0.15) is 0 Å². The van der Waals surface area contributed by atoms with Crippen molar-refractivity contribution in [1.82, 2.24) is 10.4 Å². The van der Waals surface area contributed by atoms with Crippen LogP contribution in [0.2, 0.25) is 0 Å². The Morgan fingerprint density at radius 3 is 2.94 bits per heavy atom. The molecular formula is C15H21N3. The van der Waals surface area contributed by atoms with Gasteiger partial charge in [0.05, 0.1) is 5.52 Å². The Labute approximate surface area is 108 Å². The normalized spacial score (nSPS) is 12.8. The van der Waals surface area contributed by atoms with Crippen molar-refractivity contribution >= 4 is 10.9 Å². The van der Waals surface area contributed by atoms with Crippen molar-refractivity contribution in [3.05, 3.63) is 42.1 Å². The van der Waals surface area contributed by atoms with Crippen LogP contribution < -0.4 is 11.3 Å². The van der Waals surface area contributed by atoms with E-state index < -0.39 is 0 Å². The molecule has 96 valence electrons. The van der Waals surface area contributed by atoms with Gasteiger partial charge in [0.15, 0.2) is 0 Å². The number of hydrogen-bond donors (Lipinski definition) is 2. The van der Waals surface area contributed by atoms with Crippen molar-refractivity contribution < 1.29 is 0 Å². The van der Waals surface area contributed by atoms with Crippen LogP contribution in [0.3, 0.4) is 0 Å². The SMILES string of the molecule is CCCCCC(NN)c1ccc2cccnc2c1. The second kappa shape index (κ2) is 6.47. The van der Waals surface area contributed by atoms with E-state index in [-0.39, 0.29) is 6.04 Å². The lowest BCUT2D eigenvalue weighted by Crippen LogP contribution is -2.27. The topological polar surface area (TPSA) is 50.9 Å². The van der Waals surface area contributed by atoms with E-state index >= 15 is 0 Å². The number of pyridine rings is 1. The van der Waals surface area contributed by atoms with E-state index in [0.29, 0.717) is 0 Å². The smallest absolute Gasteiger partial charge is 0.0705 e. The molecule has 1 unspecified atom stereocenters. The van der Waals surface area contributed by atoms with Crippen LogP contribution in [0.1, 0.15) is 44.2 Å². The number of hydrogen-bond acceptors (Lipinski definition) is 3. The van der Waals surface area contributed by atoms with Crippen LogP contribution in [0, 0.1) is 0 Å². The molecule has 3 heteroatoms. The molecular weight excluding hydrogens is 222 g/mol. The minimum Gasteiger partial charge on any atom is -0.271 e. The summed E-state index contributed by atoms with van der Waals surface area (Å²) >= 11 is 0. The maximum Gasteiger partial charge on any atom is 0.0705 e. The van der Waals surface area contributed by atoms with E-state index in [2.05, 4.69) is 41.6 Å². The fourth-order valence-electron chi connectivity index (χ4n) is 2.24. The van der Waals surface area contributed by atoms with E-state index in [4.69, 9.17) is 5.84 Å². The minimum atomic E-state index is 0.225. The molecule has 1 atom stereocenters. The highest BCUT2D eigenvalue weighted by molar-refractivity contribution is 5.78. The van der Waals surface area contributed by atoms with Crippen LogP contribution in [0.4, 0.5) is 0 Å². The van der Waals surface area contributed by atoms with Crippen LogP contribution >= 0.6 is 0 Å². The Bertz CT molecular complexity index is 496. The van der Waals surface area contributed by atoms with Crippen LogP contribution in [0.15, 0.2) is 36.5 Å². The Balaban J connectivity index is 2.17. The van der Waals surface area contributed by atoms with Gasteiger partial charge >= 0.3 is 0 Å². The zero-order chi connectivity index (χ0) is 12.8. The molecule has 0 amide bonds. The Morgan fingerprint density at radius 1 is 1.28 bits per heavy atom. The van der Waals surface area contributed by atoms with Crippen LogP contribution in [0.25, 0.3) is 10.9 Å². The molecule has 1 heterocycles. The first-order valence-corrected chi connectivity index (χ1v) is 6.66. The van der Waals surface area contributed by atoms with Gasteiger partial charge in [0.1, 0.15) is 0 Å². The second-order valence-corrected chi connectivity index (χ2v) is 4.67. The van der Waals surface area contributed by atoms with Crippen LogP contribution in [-0.2, 0) is 0 Å². The largest absolute Gasteiger partial charge is 0.271 e. The lowest BCUT2D eigenvalue weighted by Gasteiger charge is -2.16. The number of nitrogens with one attached hydrogen (secondary N) is 1. The molecule has 1 aromatic carbocycles. The van der Waals surface area contributed by atoms with E-state index in [1.807, 2.05) is 12.3 Å². The third-order valence-corrected chi connectivity index (χ3v) is 3.33. The lowest BCUT2D eigenvalue weighted by molar-refractivity contribution is 0.487. The molecule has 0 saturated heterocycles. The third kappa shape index (κ3) is 3.06. The van der Waals surface area contributed by atoms with Crippen LogP contribution in [-0.4, -0.2) is 4.98 Å². The predicted molar refractivity (Wildman–Crippen MR) is 75.9 cm³/mol. The fraction of sp³-hybridized carbons (Fsp3) is 0.400. The Hall–Kier alpha value is -1.45. The molecule has 0 fully saturated rings. The molecule has 0 aliphatic heterocycles. The number of unbranched alkanes of at least 4 members (excludes halogenated alkanes) is 2. The standard InChI is InChI=1S/C15H21N3/c1-2-3-4-7-14(18-16)13-9-8-12-6-5-10-17-15(12)11-13/h5-6,8-11,14,18H,2-4,7,16H2,1H3. The average Bonchev–Trinajstić information content (AvgIpc) is 2.43. The highest BCUT2D eigenvalue weighted by atomic mass is 15.2. The molecule has 18 heavy (non-hydrogen) atoms. The maximum atomic E-state index is 5.66. The third-order valence-electron chi connectivity index (χ3n) is 3.33. The molecule has 0 aliphatic rings. The van der Waals surface area contributed by atoms with Gasteiger partial charge in [-0.15, -0.1) is 0 Å². The maximum absolute atomic E-state index is 5.66. The minimum absolute atomic E-state index is 0.225. The van der Waals surface area contributed by atoms with E-state index in [9.17, 15) is 0 Å². The van der Waals surface area contributed by atoms with Crippen molar-refractivity contribution in [2.45, 2.75) is 38.6 Å². The molecule has 0 aliphatic carbocycles. The highest BCUT2D eigenvalue weighted by Gasteiger charge is 2.09. The highest BCUT2D eigenvalue weighted by Crippen LogP contribution is 2.22. The summed E-state index contributed by atoms with van der Waals surface area (Å²) in [5.74, 6) is 5.66. The summed E-state index contributed by atoms with van der Waals surface area (Å²) in [5.41, 5.74) is 5.17. The lowest BCUT2D eigenvalue weighted by atomic mass is 10.00. The summed E-state index contributed by atoms with van der Waals surface area (Å²) in [6, 6.07) is 10.6. The van der Waals surface area contributed by atoms with Gasteiger partial charge in [-0.25, -0.2) is 0 Å². The number of fused-ring (bicyclic) bond motifs is 1. The van der Waals surface area contributed by atoms with Gasteiger partial charge in [0.2, 0.25) is 0 Å². The van der Waals surface area contributed by atoms with Crippen molar-refractivity contribution in [2.75, 3.05) is 0 Å². The first kappa shape index (κ1) is 13.0. The molecule has 2 rings (SSSR count). The van der Waals surface area contributed by atoms with Crippen molar-refractivity contribution in [3.8, 4) is 0 Å². The van der Waals surface area contributed by atoms with E-state index in [1.165, 1.54) is 30.2 Å². The monoisotopic (exact) mass is 243 g/mol. The van der Waals surface area contributed by atoms with Crippen LogP contribution in [0.5, 0.6) is 0 Å². The van der Waals surface area contributed by atoms with Crippen molar-refractivity contribution in [2.24, 2.45) is 5.84 Å². The van der Waals surface area contributed by atoms with Gasteiger partial charge in [0, 0.05) is 17.6 Å². The van der Waals surface area contributed by atoms with Gasteiger partial charge in [-0.1, -0.05) is 44.4 Å². The number of benzene rings is 1. The Morgan fingerprint density at radius 2 is 2.17 bits per heavy atom. The predicted octanol–water partition coefficient (Wildman–Crippen LogP) is 3.32. The van der Waals surface area contributed by atoms with Gasteiger partial charge < -0.3 is 0 Å². The van der Waals surface area contributed by atoms with E-state index in [1.54, 1.807) is 0 Å².